The van der Waals surface area contributed by atoms with Gasteiger partial charge >= 0.3 is 0 Å². The third-order valence-electron chi connectivity index (χ3n) is 4.16. The van der Waals surface area contributed by atoms with E-state index in [9.17, 15) is 9.59 Å². The molecule has 2 aromatic carbocycles. The van der Waals surface area contributed by atoms with Crippen molar-refractivity contribution in [2.45, 2.75) is 6.54 Å². The number of halogens is 2. The summed E-state index contributed by atoms with van der Waals surface area (Å²) in [6.07, 6.45) is 1.38. The van der Waals surface area contributed by atoms with E-state index in [0.29, 0.717) is 25.9 Å². The van der Waals surface area contributed by atoms with Crippen LogP contribution in [-0.2, 0) is 11.3 Å². The lowest BCUT2D eigenvalue weighted by Gasteiger charge is -2.09. The lowest BCUT2D eigenvalue weighted by atomic mass is 10.1. The summed E-state index contributed by atoms with van der Waals surface area (Å²) in [6.45, 7) is -0.186. The zero-order valence-electron chi connectivity index (χ0n) is 14.4. The van der Waals surface area contributed by atoms with Crippen LogP contribution in [0.15, 0.2) is 65.0 Å². The molecule has 0 atom stereocenters. The van der Waals surface area contributed by atoms with E-state index in [0.717, 1.165) is 11.1 Å². The van der Waals surface area contributed by atoms with Crippen molar-refractivity contribution in [3.8, 4) is 11.1 Å². The van der Waals surface area contributed by atoms with Gasteiger partial charge in [-0.1, -0.05) is 53.5 Å². The lowest BCUT2D eigenvalue weighted by Crippen LogP contribution is -2.27. The molecule has 1 amide bonds. The molecular weight excluding hydrogens is 417 g/mol. The topological polar surface area (TPSA) is 64.0 Å². The quantitative estimate of drug-likeness (QED) is 0.492. The highest BCUT2D eigenvalue weighted by atomic mass is 35.5. The number of thiophene rings is 1. The van der Waals surface area contributed by atoms with Crippen molar-refractivity contribution in [1.82, 2.24) is 9.55 Å². The smallest absolute Gasteiger partial charge is 0.263 e. The highest BCUT2D eigenvalue weighted by Gasteiger charge is 2.15. The molecule has 0 fully saturated rings. The third-order valence-corrected chi connectivity index (χ3v) is 5.61. The summed E-state index contributed by atoms with van der Waals surface area (Å²) in [6, 6.07) is 14.4. The number of carbonyl (C=O) groups excluding carboxylic acids is 1. The number of hydrogen-bond acceptors (Lipinski definition) is 4. The molecule has 0 saturated carbocycles. The van der Waals surface area contributed by atoms with E-state index in [-0.39, 0.29) is 12.1 Å². The first kappa shape index (κ1) is 18.7. The van der Waals surface area contributed by atoms with Gasteiger partial charge in [-0.15, -0.1) is 11.3 Å². The van der Waals surface area contributed by atoms with Crippen molar-refractivity contribution < 1.29 is 4.79 Å². The fourth-order valence-corrected chi connectivity index (χ4v) is 4.09. The van der Waals surface area contributed by atoms with Crippen molar-refractivity contribution in [1.29, 1.82) is 0 Å². The molecular formula is C20H13Cl2N3O2S. The molecule has 4 aromatic rings. The van der Waals surface area contributed by atoms with E-state index >= 15 is 0 Å². The Morgan fingerprint density at radius 2 is 1.93 bits per heavy atom. The minimum Gasteiger partial charge on any atom is -0.323 e. The molecule has 28 heavy (non-hydrogen) atoms. The average molecular weight is 430 g/mol. The van der Waals surface area contributed by atoms with Gasteiger partial charge in [0.2, 0.25) is 5.91 Å². The standard InChI is InChI=1S/C20H13Cl2N3O2S/c21-13-6-7-15(22)16(8-13)24-17(26)9-25-11-23-19-18(20(25)27)14(10-28-19)12-4-2-1-3-5-12/h1-8,10-11H,9H2,(H,24,26). The molecule has 0 aliphatic carbocycles. The van der Waals surface area contributed by atoms with Crippen LogP contribution in [0.3, 0.4) is 0 Å². The normalized spacial score (nSPS) is 10.9. The fraction of sp³-hybridized carbons (Fsp3) is 0.0500. The first-order valence-electron chi connectivity index (χ1n) is 8.30. The maximum atomic E-state index is 13.0. The molecule has 0 aliphatic heterocycles. The van der Waals surface area contributed by atoms with Crippen molar-refractivity contribution in [3.63, 3.8) is 0 Å². The molecule has 5 nitrogen and oxygen atoms in total. The van der Waals surface area contributed by atoms with Crippen LogP contribution in [0.5, 0.6) is 0 Å². The van der Waals surface area contributed by atoms with Gasteiger partial charge in [0, 0.05) is 16.0 Å². The number of nitrogens with one attached hydrogen (secondary N) is 1. The van der Waals surface area contributed by atoms with Crippen LogP contribution in [-0.4, -0.2) is 15.5 Å². The number of benzene rings is 2. The van der Waals surface area contributed by atoms with Gasteiger partial charge in [-0.2, -0.15) is 0 Å². The van der Waals surface area contributed by atoms with Crippen molar-refractivity contribution in [2.24, 2.45) is 0 Å². The number of hydrogen-bond donors (Lipinski definition) is 1. The van der Waals surface area contributed by atoms with E-state index < -0.39 is 5.91 Å². The summed E-state index contributed by atoms with van der Waals surface area (Å²) < 4.78 is 1.29. The Balaban J connectivity index is 1.66. The van der Waals surface area contributed by atoms with Crippen molar-refractivity contribution in [3.05, 3.63) is 80.6 Å². The number of nitrogens with zero attached hydrogens (tertiary/aromatic N) is 2. The zero-order valence-corrected chi connectivity index (χ0v) is 16.7. The molecule has 140 valence electrons. The van der Waals surface area contributed by atoms with Crippen LogP contribution in [0.4, 0.5) is 5.69 Å². The molecule has 0 bridgehead atoms. The SMILES string of the molecule is O=C(Cn1cnc2scc(-c3ccccc3)c2c1=O)Nc1cc(Cl)ccc1Cl. The first-order valence-corrected chi connectivity index (χ1v) is 9.93. The maximum absolute atomic E-state index is 13.0. The molecule has 1 N–H and O–H groups in total. The Bertz CT molecular complexity index is 1240. The number of fused-ring (bicyclic) bond motifs is 1. The molecule has 0 radical (unpaired) electrons. The largest absolute Gasteiger partial charge is 0.323 e. The lowest BCUT2D eigenvalue weighted by molar-refractivity contribution is -0.116. The summed E-state index contributed by atoms with van der Waals surface area (Å²) in [5.74, 6) is -0.399. The minimum absolute atomic E-state index is 0.186. The van der Waals surface area contributed by atoms with Crippen LogP contribution in [0.2, 0.25) is 10.0 Å². The van der Waals surface area contributed by atoms with E-state index in [1.807, 2.05) is 35.7 Å². The Kier molecular flexibility index (Phi) is 5.17. The van der Waals surface area contributed by atoms with E-state index in [4.69, 9.17) is 23.2 Å². The number of rotatable bonds is 4. The van der Waals surface area contributed by atoms with Crippen LogP contribution in [0.1, 0.15) is 0 Å². The number of anilines is 1. The van der Waals surface area contributed by atoms with Crippen LogP contribution < -0.4 is 10.9 Å². The second-order valence-electron chi connectivity index (χ2n) is 6.05. The van der Waals surface area contributed by atoms with Gasteiger partial charge < -0.3 is 5.32 Å². The molecule has 4 rings (SSSR count). The van der Waals surface area contributed by atoms with Crippen LogP contribution in [0.25, 0.3) is 21.3 Å². The molecule has 2 aromatic heterocycles. The fourth-order valence-electron chi connectivity index (χ4n) is 2.85. The minimum atomic E-state index is -0.399. The first-order chi connectivity index (χ1) is 13.5. The summed E-state index contributed by atoms with van der Waals surface area (Å²) >= 11 is 13.4. The monoisotopic (exact) mass is 429 g/mol. The number of amides is 1. The zero-order chi connectivity index (χ0) is 19.7. The predicted molar refractivity (Wildman–Crippen MR) is 114 cm³/mol. The predicted octanol–water partition coefficient (Wildman–Crippen LogP) is 5.07. The second kappa shape index (κ2) is 7.75. The van der Waals surface area contributed by atoms with E-state index in [1.54, 1.807) is 18.2 Å². The Hall–Kier alpha value is -2.67. The third kappa shape index (κ3) is 3.67. The average Bonchev–Trinajstić information content (AvgIpc) is 3.12. The Labute approximate surface area is 174 Å². The van der Waals surface area contributed by atoms with Crippen molar-refractivity contribution in [2.75, 3.05) is 5.32 Å². The van der Waals surface area contributed by atoms with Gasteiger partial charge in [-0.3, -0.25) is 14.2 Å². The van der Waals surface area contributed by atoms with Gasteiger partial charge in [-0.25, -0.2) is 4.98 Å². The Morgan fingerprint density at radius 1 is 1.14 bits per heavy atom. The highest BCUT2D eigenvalue weighted by molar-refractivity contribution is 7.17. The second-order valence-corrected chi connectivity index (χ2v) is 7.75. The van der Waals surface area contributed by atoms with E-state index in [2.05, 4.69) is 10.3 Å². The molecule has 0 saturated heterocycles. The number of aromatic nitrogens is 2. The van der Waals surface area contributed by atoms with Gasteiger partial charge in [0.25, 0.3) is 5.56 Å². The van der Waals surface area contributed by atoms with E-state index in [1.165, 1.54) is 22.2 Å². The summed E-state index contributed by atoms with van der Waals surface area (Å²) in [4.78, 5) is 30.4. The molecule has 8 heteroatoms. The Morgan fingerprint density at radius 3 is 2.71 bits per heavy atom. The molecule has 0 unspecified atom stereocenters. The summed E-state index contributed by atoms with van der Waals surface area (Å²) in [7, 11) is 0. The van der Waals surface area contributed by atoms with Gasteiger partial charge in [0.1, 0.15) is 11.4 Å². The van der Waals surface area contributed by atoms with Gasteiger partial charge in [0.15, 0.2) is 0 Å². The molecule has 0 spiro atoms. The highest BCUT2D eigenvalue weighted by Crippen LogP contribution is 2.30. The number of carbonyl (C=O) groups is 1. The van der Waals surface area contributed by atoms with Gasteiger partial charge in [0.05, 0.1) is 22.4 Å². The summed E-state index contributed by atoms with van der Waals surface area (Å²) in [5.41, 5.74) is 1.87. The molecule has 0 aliphatic rings. The maximum Gasteiger partial charge on any atom is 0.263 e. The van der Waals surface area contributed by atoms with Gasteiger partial charge in [-0.05, 0) is 23.8 Å². The summed E-state index contributed by atoms with van der Waals surface area (Å²) in [5, 5.41) is 5.90. The van der Waals surface area contributed by atoms with Crippen LogP contribution >= 0.6 is 34.5 Å². The van der Waals surface area contributed by atoms with Crippen LogP contribution in [0, 0.1) is 0 Å². The molecule has 2 heterocycles. The van der Waals surface area contributed by atoms with Crippen molar-refractivity contribution >= 4 is 56.3 Å².